The molecule has 18 heavy (non-hydrogen) atoms. The summed E-state index contributed by atoms with van der Waals surface area (Å²) in [6, 6.07) is 14.0. The molecule has 2 rings (SSSR count). The van der Waals surface area contributed by atoms with Crippen LogP contribution in [0.15, 0.2) is 42.5 Å². The first-order valence-corrected chi connectivity index (χ1v) is 6.49. The van der Waals surface area contributed by atoms with Gasteiger partial charge in [0.25, 0.3) is 0 Å². The first kappa shape index (κ1) is 12.8. The smallest absolute Gasteiger partial charge is 0.177 e. The van der Waals surface area contributed by atoms with Gasteiger partial charge in [0.15, 0.2) is 5.78 Å². The van der Waals surface area contributed by atoms with Gasteiger partial charge < -0.3 is 0 Å². The number of benzene rings is 2. The van der Waals surface area contributed by atoms with E-state index < -0.39 is 0 Å². The Bertz CT molecular complexity index is 538. The van der Waals surface area contributed by atoms with Crippen molar-refractivity contribution in [2.45, 2.75) is 13.8 Å². The number of carbonyl (C=O) groups excluding carboxylic acids is 1. The van der Waals surface area contributed by atoms with E-state index in [0.717, 1.165) is 29.4 Å². The van der Waals surface area contributed by atoms with Crippen LogP contribution in [0.3, 0.4) is 0 Å². The molecule has 0 fully saturated rings. The second-order valence-electron chi connectivity index (χ2n) is 4.41. The van der Waals surface area contributed by atoms with Gasteiger partial charge in [-0.2, -0.15) is 0 Å². The van der Waals surface area contributed by atoms with Crippen LogP contribution in [-0.2, 0) is 0 Å². The summed E-state index contributed by atoms with van der Waals surface area (Å²) in [6.45, 7) is 6.49. The molecule has 0 N–H and O–H groups in total. The summed E-state index contributed by atoms with van der Waals surface area (Å²) < 4.78 is 0. The zero-order valence-electron chi connectivity index (χ0n) is 11.0. The largest absolute Gasteiger partial charge is 0.296 e. The topological polar surface area (TPSA) is 20.3 Å². The zero-order chi connectivity index (χ0) is 13.0. The van der Waals surface area contributed by atoms with Crippen LogP contribution in [0.5, 0.6) is 0 Å². The molecule has 2 heteroatoms. The highest BCUT2D eigenvalue weighted by molar-refractivity contribution is 6.08. The highest BCUT2D eigenvalue weighted by Gasteiger charge is 2.12. The molecule has 0 saturated heterocycles. The molecule has 0 spiro atoms. The van der Waals surface area contributed by atoms with Crippen molar-refractivity contribution < 1.29 is 4.79 Å². The minimum Gasteiger partial charge on any atom is -0.296 e. The lowest BCUT2D eigenvalue weighted by Gasteiger charge is -2.17. The maximum Gasteiger partial charge on any atom is 0.177 e. The van der Waals surface area contributed by atoms with Crippen LogP contribution in [0.2, 0.25) is 0 Å². The third-order valence-electron chi connectivity index (χ3n) is 3.35. The normalized spacial score (nSPS) is 11.1. The third kappa shape index (κ3) is 2.59. The molecule has 0 heterocycles. The van der Waals surface area contributed by atoms with Crippen molar-refractivity contribution in [2.75, 3.05) is 19.6 Å². The molecule has 2 nitrogen and oxygen atoms in total. The molecule has 0 aliphatic rings. The number of likely N-dealkylation sites (N-methyl/N-ethyl adjacent to an activating group) is 1. The quantitative estimate of drug-likeness (QED) is 0.748. The Morgan fingerprint density at radius 3 is 2.39 bits per heavy atom. The van der Waals surface area contributed by atoms with Crippen LogP contribution < -0.4 is 0 Å². The van der Waals surface area contributed by atoms with Gasteiger partial charge >= 0.3 is 0 Å². The molecule has 0 aromatic heterocycles. The fraction of sp³-hybridized carbons (Fsp3) is 0.312. The Kier molecular flexibility index (Phi) is 4.11. The van der Waals surface area contributed by atoms with Crippen LogP contribution in [0.1, 0.15) is 24.2 Å². The first-order valence-electron chi connectivity index (χ1n) is 6.49. The van der Waals surface area contributed by atoms with E-state index >= 15 is 0 Å². The average Bonchev–Trinajstić information content (AvgIpc) is 2.43. The van der Waals surface area contributed by atoms with Gasteiger partial charge in [0.05, 0.1) is 6.54 Å². The molecule has 94 valence electrons. The molecule has 0 atom stereocenters. The van der Waals surface area contributed by atoms with Crippen LogP contribution in [0.4, 0.5) is 0 Å². The number of ketones is 1. The van der Waals surface area contributed by atoms with E-state index in [-0.39, 0.29) is 5.78 Å². The highest BCUT2D eigenvalue weighted by Crippen LogP contribution is 2.19. The number of carbonyl (C=O) groups is 1. The predicted molar refractivity (Wildman–Crippen MR) is 76.1 cm³/mol. The number of rotatable bonds is 5. The molecule has 0 radical (unpaired) electrons. The lowest BCUT2D eigenvalue weighted by Crippen LogP contribution is -2.29. The number of nitrogens with zero attached hydrogens (tertiary/aromatic N) is 1. The summed E-state index contributed by atoms with van der Waals surface area (Å²) in [5.74, 6) is 0.204. The van der Waals surface area contributed by atoms with Crippen LogP contribution in [0.25, 0.3) is 10.8 Å². The Balaban J connectivity index is 2.33. The molecule has 0 bridgehead atoms. The molecule has 0 aliphatic carbocycles. The number of hydrogen-bond acceptors (Lipinski definition) is 2. The number of Topliss-reactive ketones (excluding diaryl/α,β-unsaturated/α-hetero) is 1. The maximum atomic E-state index is 12.3. The molecule has 0 amide bonds. The molecule has 2 aromatic carbocycles. The van der Waals surface area contributed by atoms with Crippen LogP contribution in [-0.4, -0.2) is 30.3 Å². The average molecular weight is 241 g/mol. The van der Waals surface area contributed by atoms with Gasteiger partial charge in [-0.3, -0.25) is 9.69 Å². The van der Waals surface area contributed by atoms with E-state index in [1.807, 2.05) is 42.5 Å². The molecule has 0 aliphatic heterocycles. The van der Waals surface area contributed by atoms with Gasteiger partial charge in [0.2, 0.25) is 0 Å². The van der Waals surface area contributed by atoms with E-state index in [0.29, 0.717) is 6.54 Å². The van der Waals surface area contributed by atoms with Crippen molar-refractivity contribution in [3.8, 4) is 0 Å². The minimum atomic E-state index is 0.204. The van der Waals surface area contributed by atoms with E-state index in [4.69, 9.17) is 0 Å². The molecule has 0 unspecified atom stereocenters. The molecule has 0 saturated carbocycles. The second-order valence-corrected chi connectivity index (χ2v) is 4.41. The van der Waals surface area contributed by atoms with Crippen molar-refractivity contribution in [1.82, 2.24) is 4.90 Å². The van der Waals surface area contributed by atoms with E-state index in [1.54, 1.807) is 0 Å². The second kappa shape index (κ2) is 5.78. The van der Waals surface area contributed by atoms with Crippen LogP contribution in [0, 0.1) is 0 Å². The van der Waals surface area contributed by atoms with Gasteiger partial charge in [-0.15, -0.1) is 0 Å². The predicted octanol–water partition coefficient (Wildman–Crippen LogP) is 3.36. The van der Waals surface area contributed by atoms with Gasteiger partial charge in [0.1, 0.15) is 0 Å². The minimum absolute atomic E-state index is 0.204. The Morgan fingerprint density at radius 1 is 1.00 bits per heavy atom. The summed E-state index contributed by atoms with van der Waals surface area (Å²) in [4.78, 5) is 14.5. The molecule has 2 aromatic rings. The standard InChI is InChI=1S/C16H19NO/c1-3-17(4-2)12-16(18)15-11-7-9-13-8-5-6-10-14(13)15/h5-11H,3-4,12H2,1-2H3. The monoisotopic (exact) mass is 241 g/mol. The van der Waals surface area contributed by atoms with E-state index in [2.05, 4.69) is 18.7 Å². The SMILES string of the molecule is CCN(CC)CC(=O)c1cccc2ccccc12. The van der Waals surface area contributed by atoms with Gasteiger partial charge in [0, 0.05) is 5.56 Å². The summed E-state index contributed by atoms with van der Waals surface area (Å²) in [7, 11) is 0. The molecular formula is C16H19NO. The van der Waals surface area contributed by atoms with Crippen LogP contribution >= 0.6 is 0 Å². The summed E-state index contributed by atoms with van der Waals surface area (Å²) >= 11 is 0. The number of hydrogen-bond donors (Lipinski definition) is 0. The fourth-order valence-electron chi connectivity index (χ4n) is 2.20. The van der Waals surface area contributed by atoms with Crippen molar-refractivity contribution in [3.63, 3.8) is 0 Å². The Morgan fingerprint density at radius 2 is 1.67 bits per heavy atom. The van der Waals surface area contributed by atoms with Gasteiger partial charge in [-0.1, -0.05) is 56.3 Å². The molecular weight excluding hydrogens is 222 g/mol. The highest BCUT2D eigenvalue weighted by atomic mass is 16.1. The van der Waals surface area contributed by atoms with Gasteiger partial charge in [-0.05, 0) is 23.9 Å². The van der Waals surface area contributed by atoms with Crippen molar-refractivity contribution in [1.29, 1.82) is 0 Å². The van der Waals surface area contributed by atoms with E-state index in [9.17, 15) is 4.79 Å². The lowest BCUT2D eigenvalue weighted by molar-refractivity contribution is 0.0939. The summed E-state index contributed by atoms with van der Waals surface area (Å²) in [6.07, 6.45) is 0. The third-order valence-corrected chi connectivity index (χ3v) is 3.35. The van der Waals surface area contributed by atoms with Gasteiger partial charge in [-0.25, -0.2) is 0 Å². The summed E-state index contributed by atoms with van der Waals surface area (Å²) in [5.41, 5.74) is 0.833. The van der Waals surface area contributed by atoms with Crippen molar-refractivity contribution in [3.05, 3.63) is 48.0 Å². The van der Waals surface area contributed by atoms with E-state index in [1.165, 1.54) is 0 Å². The van der Waals surface area contributed by atoms with Crippen molar-refractivity contribution in [2.24, 2.45) is 0 Å². The maximum absolute atomic E-state index is 12.3. The fourth-order valence-corrected chi connectivity index (χ4v) is 2.20. The number of fused-ring (bicyclic) bond motifs is 1. The Labute approximate surface area is 108 Å². The first-order chi connectivity index (χ1) is 8.76. The summed E-state index contributed by atoms with van der Waals surface area (Å²) in [5, 5.41) is 2.18. The zero-order valence-corrected chi connectivity index (χ0v) is 11.0. The lowest BCUT2D eigenvalue weighted by atomic mass is 10.0. The Hall–Kier alpha value is -1.67. The van der Waals surface area contributed by atoms with Crippen molar-refractivity contribution >= 4 is 16.6 Å².